The number of rotatable bonds is 2. The molecule has 0 radical (unpaired) electrons. The van der Waals surface area contributed by atoms with Crippen LogP contribution >= 0.6 is 0 Å². The van der Waals surface area contributed by atoms with Crippen molar-refractivity contribution >= 4 is 29.1 Å². The first-order chi connectivity index (χ1) is 18.9. The van der Waals surface area contributed by atoms with E-state index in [1.54, 1.807) is 0 Å². The number of hydrogen-bond donors (Lipinski definition) is 0. The molecule has 2 nitrogen and oxygen atoms in total. The molecular formula is C35H23BN2. The van der Waals surface area contributed by atoms with Crippen LogP contribution in [-0.2, 0) is 0 Å². The Bertz CT molecular complexity index is 1840. The summed E-state index contributed by atoms with van der Waals surface area (Å²) in [6.07, 6.45) is 1.85. The molecule has 2 aliphatic heterocycles. The normalized spacial score (nSPS) is 12.6. The number of fused-ring (bicyclic) bond motifs is 11. The highest BCUT2D eigenvalue weighted by Gasteiger charge is 2.41. The molecule has 0 bridgehead atoms. The molecule has 0 saturated heterocycles. The first kappa shape index (κ1) is 21.2. The van der Waals surface area contributed by atoms with E-state index in [2.05, 4.69) is 131 Å². The molecule has 0 saturated carbocycles. The van der Waals surface area contributed by atoms with Gasteiger partial charge in [0.1, 0.15) is 0 Å². The second-order valence-electron chi connectivity index (χ2n) is 9.99. The maximum Gasteiger partial charge on any atom is 0.329 e. The van der Waals surface area contributed by atoms with Crippen molar-refractivity contribution in [1.82, 2.24) is 4.98 Å². The van der Waals surface area contributed by atoms with Gasteiger partial charge in [-0.15, -0.1) is 0 Å². The topological polar surface area (TPSA) is 16.1 Å². The summed E-state index contributed by atoms with van der Waals surface area (Å²) in [4.78, 5) is 7.11. The Kier molecular flexibility index (Phi) is 4.65. The third kappa shape index (κ3) is 3.12. The zero-order chi connectivity index (χ0) is 25.1. The van der Waals surface area contributed by atoms with Crippen molar-refractivity contribution < 1.29 is 0 Å². The molecular weight excluding hydrogens is 459 g/mol. The van der Waals surface area contributed by atoms with Gasteiger partial charge >= 0.3 is 6.85 Å². The van der Waals surface area contributed by atoms with Gasteiger partial charge in [-0.05, 0) is 69.6 Å². The largest absolute Gasteiger partial charge is 0.376 e. The average molecular weight is 482 g/mol. The molecule has 8 rings (SSSR count). The molecule has 3 heteroatoms. The van der Waals surface area contributed by atoms with E-state index >= 15 is 0 Å². The summed E-state index contributed by atoms with van der Waals surface area (Å²) in [7, 11) is 0. The van der Waals surface area contributed by atoms with Crippen molar-refractivity contribution in [3.63, 3.8) is 0 Å². The number of pyridine rings is 1. The van der Waals surface area contributed by atoms with Crippen LogP contribution in [0.1, 0.15) is 0 Å². The van der Waals surface area contributed by atoms with Crippen LogP contribution in [0.3, 0.4) is 0 Å². The first-order valence-corrected chi connectivity index (χ1v) is 13.1. The van der Waals surface area contributed by atoms with Crippen molar-refractivity contribution in [2.24, 2.45) is 0 Å². The zero-order valence-corrected chi connectivity index (χ0v) is 20.8. The minimum absolute atomic E-state index is 0.142. The van der Waals surface area contributed by atoms with Gasteiger partial charge in [0.25, 0.3) is 0 Å². The maximum atomic E-state index is 4.56. The van der Waals surface area contributed by atoms with Gasteiger partial charge in [0, 0.05) is 34.3 Å². The summed E-state index contributed by atoms with van der Waals surface area (Å²) < 4.78 is 0. The van der Waals surface area contributed by atoms with Crippen LogP contribution in [0, 0.1) is 0 Å². The molecule has 0 atom stereocenters. The maximum absolute atomic E-state index is 4.56. The van der Waals surface area contributed by atoms with Crippen LogP contribution in [-0.4, -0.2) is 11.8 Å². The summed E-state index contributed by atoms with van der Waals surface area (Å²) in [6.45, 7) is 0.142. The second kappa shape index (κ2) is 8.32. The minimum Gasteiger partial charge on any atom is -0.376 e. The van der Waals surface area contributed by atoms with Crippen molar-refractivity contribution in [1.29, 1.82) is 0 Å². The first-order valence-electron chi connectivity index (χ1n) is 13.1. The highest BCUT2D eigenvalue weighted by atomic mass is 15.1. The Morgan fingerprint density at radius 1 is 0.447 bits per heavy atom. The van der Waals surface area contributed by atoms with Gasteiger partial charge in [0.15, 0.2) is 0 Å². The Labute approximate surface area is 223 Å². The van der Waals surface area contributed by atoms with Gasteiger partial charge in [-0.3, -0.25) is 4.98 Å². The van der Waals surface area contributed by atoms with E-state index in [0.717, 1.165) is 11.3 Å². The minimum atomic E-state index is 0.142. The van der Waals surface area contributed by atoms with Gasteiger partial charge in [0.05, 0.1) is 5.69 Å². The van der Waals surface area contributed by atoms with E-state index in [4.69, 9.17) is 0 Å². The average Bonchev–Trinajstić information content (AvgIpc) is 3.01. The lowest BCUT2D eigenvalue weighted by Gasteiger charge is -2.43. The monoisotopic (exact) mass is 482 g/mol. The summed E-state index contributed by atoms with van der Waals surface area (Å²) in [5.74, 6) is 0. The van der Waals surface area contributed by atoms with Crippen LogP contribution in [0.25, 0.3) is 44.6 Å². The molecule has 38 heavy (non-hydrogen) atoms. The highest BCUT2D eigenvalue weighted by Crippen LogP contribution is 2.46. The summed E-state index contributed by atoms with van der Waals surface area (Å²) >= 11 is 0. The Morgan fingerprint density at radius 2 is 1.08 bits per heavy atom. The number of hydrogen-bond acceptors (Lipinski definition) is 2. The fourth-order valence-electron chi connectivity index (χ4n) is 6.26. The van der Waals surface area contributed by atoms with Crippen LogP contribution in [0.4, 0.5) is 11.4 Å². The third-order valence-corrected chi connectivity index (χ3v) is 7.93. The molecule has 0 aliphatic carbocycles. The summed E-state index contributed by atoms with van der Waals surface area (Å²) in [5, 5.41) is 0. The van der Waals surface area contributed by atoms with Gasteiger partial charge in [0.2, 0.25) is 0 Å². The van der Waals surface area contributed by atoms with Crippen molar-refractivity contribution in [3.8, 4) is 44.6 Å². The van der Waals surface area contributed by atoms with E-state index in [9.17, 15) is 0 Å². The molecule has 0 spiro atoms. The van der Waals surface area contributed by atoms with Crippen LogP contribution in [0.5, 0.6) is 0 Å². The lowest BCUT2D eigenvalue weighted by atomic mass is 9.43. The summed E-state index contributed by atoms with van der Waals surface area (Å²) in [6, 6.07) is 48.3. The Morgan fingerprint density at radius 3 is 1.87 bits per heavy atom. The number of benzene rings is 5. The standard InChI is InChI=1S/C35H23BN2/c1-4-15-31-27(12-1)29-14-3-6-18-34(29)38-35-20-19-25(23-30(35)28-13-2-5-16-32(28)36(31)38)24-10-9-11-26(22-24)33-17-7-8-21-37-33/h1-23H. The van der Waals surface area contributed by atoms with Gasteiger partial charge in [-0.2, -0.15) is 0 Å². The Balaban J connectivity index is 1.34. The number of anilines is 2. The molecule has 1 aromatic heterocycles. The van der Waals surface area contributed by atoms with Gasteiger partial charge in [-0.25, -0.2) is 0 Å². The van der Waals surface area contributed by atoms with E-state index in [-0.39, 0.29) is 6.85 Å². The highest BCUT2D eigenvalue weighted by molar-refractivity contribution is 6.92. The number of nitrogens with zero attached hydrogens (tertiary/aromatic N) is 2. The molecule has 6 aromatic rings. The lowest BCUT2D eigenvalue weighted by Crippen LogP contribution is -2.59. The van der Waals surface area contributed by atoms with Crippen molar-refractivity contribution in [3.05, 3.63) is 140 Å². The van der Waals surface area contributed by atoms with Crippen LogP contribution < -0.4 is 15.7 Å². The number of para-hydroxylation sites is 1. The van der Waals surface area contributed by atoms with Crippen LogP contribution in [0.15, 0.2) is 140 Å². The van der Waals surface area contributed by atoms with Gasteiger partial charge < -0.3 is 4.81 Å². The summed E-state index contributed by atoms with van der Waals surface area (Å²) in [5.41, 5.74) is 14.9. The lowest BCUT2D eigenvalue weighted by molar-refractivity contribution is 1.33. The molecule has 2 aliphatic rings. The smallest absolute Gasteiger partial charge is 0.329 e. The number of aromatic nitrogens is 1. The van der Waals surface area contributed by atoms with Crippen LogP contribution in [0.2, 0.25) is 0 Å². The molecule has 0 fully saturated rings. The zero-order valence-electron chi connectivity index (χ0n) is 20.8. The fraction of sp³-hybridized carbons (Fsp3) is 0. The Hall–Kier alpha value is -4.89. The molecule has 0 N–H and O–H groups in total. The fourth-order valence-corrected chi connectivity index (χ4v) is 6.26. The van der Waals surface area contributed by atoms with Crippen molar-refractivity contribution in [2.45, 2.75) is 0 Å². The van der Waals surface area contributed by atoms with E-state index in [1.165, 1.54) is 55.7 Å². The second-order valence-corrected chi connectivity index (χ2v) is 9.99. The molecule has 3 heterocycles. The van der Waals surface area contributed by atoms with Gasteiger partial charge in [-0.1, -0.05) is 97.1 Å². The molecule has 5 aromatic carbocycles. The molecule has 0 unspecified atom stereocenters. The SMILES string of the molecule is c1ccc(-c2cccc(-c3ccc4c(c3)-c3ccccc3B3c5ccccc5-c5ccccc5N34)c2)nc1. The predicted molar refractivity (Wildman–Crippen MR) is 160 cm³/mol. The van der Waals surface area contributed by atoms with E-state index in [1.807, 2.05) is 18.3 Å². The molecule has 176 valence electrons. The van der Waals surface area contributed by atoms with E-state index in [0.29, 0.717) is 0 Å². The van der Waals surface area contributed by atoms with E-state index < -0.39 is 0 Å². The predicted octanol–water partition coefficient (Wildman–Crippen LogP) is 7.32. The van der Waals surface area contributed by atoms with Crippen molar-refractivity contribution in [2.75, 3.05) is 4.81 Å². The quantitative estimate of drug-likeness (QED) is 0.241. The molecule has 0 amide bonds. The third-order valence-electron chi connectivity index (χ3n) is 7.93.